The molecule has 3 rings (SSSR count). The molecule has 1 unspecified atom stereocenters. The van der Waals surface area contributed by atoms with Gasteiger partial charge in [-0.2, -0.15) is 0 Å². The zero-order chi connectivity index (χ0) is 24.5. The minimum absolute atomic E-state index is 0.216. The van der Waals surface area contributed by atoms with Gasteiger partial charge in [-0.25, -0.2) is 0 Å². The number of carbonyl (C=O) groups is 2. The summed E-state index contributed by atoms with van der Waals surface area (Å²) in [5.74, 6) is -0.413. The number of carbonyl (C=O) groups excluding carboxylic acids is 2. The molecule has 178 valence electrons. The standard InChI is InChI=1S/C27H29ClN2O4/c1-20(29(25(31)18-28)19-26(32)34-3)30(23-14-16-24(33-2)17-15-23)27(21-10-6-4-7-11-21)22-12-8-5-9-13-22/h4-17,20,27H,18-19H2,1-3H3. The van der Waals surface area contributed by atoms with Crippen molar-refractivity contribution in [2.24, 2.45) is 0 Å². The van der Waals surface area contributed by atoms with E-state index in [9.17, 15) is 9.59 Å². The van der Waals surface area contributed by atoms with Crippen LogP contribution in [-0.2, 0) is 14.3 Å². The van der Waals surface area contributed by atoms with Gasteiger partial charge in [0.1, 0.15) is 24.3 Å². The molecule has 0 radical (unpaired) electrons. The molecule has 0 fully saturated rings. The fourth-order valence-corrected chi connectivity index (χ4v) is 4.13. The van der Waals surface area contributed by atoms with Crippen LogP contribution in [-0.4, -0.2) is 49.6 Å². The molecule has 0 N–H and O–H groups in total. The molecule has 0 aromatic heterocycles. The van der Waals surface area contributed by atoms with Crippen LogP contribution in [0.5, 0.6) is 5.75 Å². The van der Waals surface area contributed by atoms with Crippen molar-refractivity contribution in [3.05, 3.63) is 96.1 Å². The van der Waals surface area contributed by atoms with Crippen molar-refractivity contribution in [2.45, 2.75) is 19.1 Å². The second-order valence-corrected chi connectivity index (χ2v) is 7.96. The Morgan fingerprint density at radius 1 is 0.853 bits per heavy atom. The molecule has 7 heteroatoms. The van der Waals surface area contributed by atoms with E-state index in [-0.39, 0.29) is 24.4 Å². The predicted octanol–water partition coefficient (Wildman–Crippen LogP) is 4.88. The third-order valence-electron chi connectivity index (χ3n) is 5.69. The summed E-state index contributed by atoms with van der Waals surface area (Å²) >= 11 is 5.94. The van der Waals surface area contributed by atoms with Crippen LogP contribution in [0.3, 0.4) is 0 Å². The summed E-state index contributed by atoms with van der Waals surface area (Å²) in [6, 6.07) is 27.4. The molecule has 0 aliphatic rings. The zero-order valence-electron chi connectivity index (χ0n) is 19.6. The minimum atomic E-state index is -0.538. The average molecular weight is 481 g/mol. The predicted molar refractivity (Wildman–Crippen MR) is 134 cm³/mol. The van der Waals surface area contributed by atoms with Gasteiger partial charge in [-0.15, -0.1) is 11.6 Å². The van der Waals surface area contributed by atoms with Gasteiger partial charge in [-0.1, -0.05) is 60.7 Å². The molecule has 0 saturated carbocycles. The van der Waals surface area contributed by atoms with E-state index < -0.39 is 12.1 Å². The zero-order valence-corrected chi connectivity index (χ0v) is 20.3. The molecule has 1 atom stereocenters. The first-order chi connectivity index (χ1) is 16.5. The number of nitrogens with zero attached hydrogens (tertiary/aromatic N) is 2. The lowest BCUT2D eigenvalue weighted by molar-refractivity contribution is -0.147. The first-order valence-corrected chi connectivity index (χ1v) is 11.5. The van der Waals surface area contributed by atoms with Gasteiger partial charge in [-0.3, -0.25) is 9.59 Å². The number of anilines is 1. The molecular formula is C27H29ClN2O4. The van der Waals surface area contributed by atoms with Gasteiger partial charge in [0.05, 0.1) is 20.3 Å². The summed E-state index contributed by atoms with van der Waals surface area (Å²) in [6.07, 6.45) is -0.538. The van der Waals surface area contributed by atoms with E-state index in [1.54, 1.807) is 7.11 Å². The number of benzene rings is 3. The van der Waals surface area contributed by atoms with Crippen molar-refractivity contribution in [2.75, 3.05) is 31.5 Å². The molecule has 3 aromatic rings. The molecule has 0 aliphatic carbocycles. The number of hydrogen-bond donors (Lipinski definition) is 0. The molecule has 0 saturated heterocycles. The number of alkyl halides is 1. The van der Waals surface area contributed by atoms with E-state index >= 15 is 0 Å². The van der Waals surface area contributed by atoms with E-state index in [0.717, 1.165) is 22.6 Å². The summed E-state index contributed by atoms with van der Waals surface area (Å²) in [7, 11) is 2.91. The van der Waals surface area contributed by atoms with Crippen molar-refractivity contribution < 1.29 is 19.1 Å². The fourth-order valence-electron chi connectivity index (χ4n) is 3.98. The summed E-state index contributed by atoms with van der Waals surface area (Å²) < 4.78 is 10.2. The first kappa shape index (κ1) is 25.1. The molecule has 1 amide bonds. The van der Waals surface area contributed by atoms with Gasteiger partial charge in [0, 0.05) is 5.69 Å². The van der Waals surface area contributed by atoms with Crippen LogP contribution < -0.4 is 9.64 Å². The molecule has 0 spiro atoms. The van der Waals surface area contributed by atoms with Gasteiger partial charge in [0.2, 0.25) is 5.91 Å². The summed E-state index contributed by atoms with van der Waals surface area (Å²) in [5.41, 5.74) is 2.92. The molecule has 6 nitrogen and oxygen atoms in total. The van der Waals surface area contributed by atoms with E-state index in [0.29, 0.717) is 0 Å². The van der Waals surface area contributed by atoms with E-state index in [1.807, 2.05) is 67.6 Å². The largest absolute Gasteiger partial charge is 0.497 e. The van der Waals surface area contributed by atoms with Crippen LogP contribution in [0.4, 0.5) is 5.69 Å². The number of rotatable bonds is 10. The number of esters is 1. The van der Waals surface area contributed by atoms with Gasteiger partial charge in [0.25, 0.3) is 0 Å². The minimum Gasteiger partial charge on any atom is -0.497 e. The third-order valence-corrected chi connectivity index (χ3v) is 5.92. The number of ether oxygens (including phenoxy) is 2. The number of halogens is 1. The molecule has 3 aromatic carbocycles. The van der Waals surface area contributed by atoms with Gasteiger partial charge in [-0.05, 0) is 42.3 Å². The third kappa shape index (κ3) is 5.88. The highest BCUT2D eigenvalue weighted by Gasteiger charge is 2.33. The highest BCUT2D eigenvalue weighted by molar-refractivity contribution is 6.27. The Bertz CT molecular complexity index is 1020. The van der Waals surface area contributed by atoms with E-state index in [4.69, 9.17) is 21.1 Å². The van der Waals surface area contributed by atoms with Crippen LogP contribution in [0.15, 0.2) is 84.9 Å². The summed E-state index contributed by atoms with van der Waals surface area (Å²) in [5, 5.41) is 0. The lowest BCUT2D eigenvalue weighted by atomic mass is 9.95. The Morgan fingerprint density at radius 2 is 1.38 bits per heavy atom. The van der Waals surface area contributed by atoms with Crippen LogP contribution in [0, 0.1) is 0 Å². The first-order valence-electron chi connectivity index (χ1n) is 10.9. The van der Waals surface area contributed by atoms with Crippen molar-refractivity contribution in [3.8, 4) is 5.75 Å². The fraction of sp³-hybridized carbons (Fsp3) is 0.259. The maximum Gasteiger partial charge on any atom is 0.325 e. The van der Waals surface area contributed by atoms with Crippen LogP contribution in [0.25, 0.3) is 0 Å². The molecule has 0 aliphatic heterocycles. The number of methoxy groups -OCH3 is 2. The second kappa shape index (κ2) is 12.1. The van der Waals surface area contributed by atoms with Crippen LogP contribution >= 0.6 is 11.6 Å². The second-order valence-electron chi connectivity index (χ2n) is 7.69. The topological polar surface area (TPSA) is 59.1 Å². The Labute approximate surface area is 205 Å². The highest BCUT2D eigenvalue weighted by Crippen LogP contribution is 2.36. The lowest BCUT2D eigenvalue weighted by Gasteiger charge is -2.43. The Balaban J connectivity index is 2.19. The van der Waals surface area contributed by atoms with Crippen molar-refractivity contribution in [3.63, 3.8) is 0 Å². The van der Waals surface area contributed by atoms with Gasteiger partial charge < -0.3 is 19.3 Å². The molecular weight excluding hydrogens is 452 g/mol. The van der Waals surface area contributed by atoms with E-state index in [1.165, 1.54) is 12.0 Å². The maximum atomic E-state index is 12.9. The SMILES string of the molecule is COC(=O)CN(C(=O)CCl)C(C)N(c1ccc(OC)cc1)C(c1ccccc1)c1ccccc1. The van der Waals surface area contributed by atoms with Crippen molar-refractivity contribution in [1.82, 2.24) is 4.90 Å². The quantitative estimate of drug-likeness (QED) is 0.235. The highest BCUT2D eigenvalue weighted by atomic mass is 35.5. The number of amides is 1. The molecule has 34 heavy (non-hydrogen) atoms. The average Bonchev–Trinajstić information content (AvgIpc) is 2.90. The monoisotopic (exact) mass is 480 g/mol. The van der Waals surface area contributed by atoms with Crippen molar-refractivity contribution in [1.29, 1.82) is 0 Å². The Morgan fingerprint density at radius 3 is 1.82 bits per heavy atom. The Hall–Kier alpha value is -3.51. The number of hydrogen-bond acceptors (Lipinski definition) is 5. The summed E-state index contributed by atoms with van der Waals surface area (Å²) in [4.78, 5) is 28.6. The van der Waals surface area contributed by atoms with Crippen LogP contribution in [0.2, 0.25) is 0 Å². The van der Waals surface area contributed by atoms with Gasteiger partial charge in [0.15, 0.2) is 0 Å². The normalized spacial score (nSPS) is 11.6. The van der Waals surface area contributed by atoms with Gasteiger partial charge >= 0.3 is 5.97 Å². The molecule has 0 heterocycles. The van der Waals surface area contributed by atoms with E-state index in [2.05, 4.69) is 29.2 Å². The smallest absolute Gasteiger partial charge is 0.325 e. The molecule has 0 bridgehead atoms. The van der Waals surface area contributed by atoms with Crippen molar-refractivity contribution >= 4 is 29.2 Å². The van der Waals surface area contributed by atoms with Crippen LogP contribution in [0.1, 0.15) is 24.1 Å². The Kier molecular flexibility index (Phi) is 8.93. The maximum absolute atomic E-state index is 12.9. The lowest BCUT2D eigenvalue weighted by Crippen LogP contribution is -2.53. The summed E-state index contributed by atoms with van der Waals surface area (Å²) in [6.45, 7) is 1.67.